The molecule has 0 radical (unpaired) electrons. The van der Waals surface area contributed by atoms with Gasteiger partial charge in [0.2, 0.25) is 5.91 Å². The van der Waals surface area contributed by atoms with Gasteiger partial charge >= 0.3 is 0 Å². The zero-order chi connectivity index (χ0) is 16.3. The fourth-order valence-corrected chi connectivity index (χ4v) is 2.47. The highest BCUT2D eigenvalue weighted by atomic mass is 19.3. The Morgan fingerprint density at radius 3 is 2.68 bits per heavy atom. The molecule has 122 valence electrons. The SMILES string of the molecule is COc1ccc(CN(C)C(=O)C2CC(F)(F)CN2)c(OC)c1. The van der Waals surface area contributed by atoms with Crippen LogP contribution in [0.5, 0.6) is 11.5 Å². The summed E-state index contributed by atoms with van der Waals surface area (Å²) in [7, 11) is 4.67. The van der Waals surface area contributed by atoms with Gasteiger partial charge in [-0.1, -0.05) is 0 Å². The number of benzene rings is 1. The zero-order valence-corrected chi connectivity index (χ0v) is 12.9. The highest BCUT2D eigenvalue weighted by Crippen LogP contribution is 2.28. The van der Waals surface area contributed by atoms with Gasteiger partial charge in [0.05, 0.1) is 26.8 Å². The van der Waals surface area contributed by atoms with Gasteiger partial charge < -0.3 is 14.4 Å². The first-order valence-electron chi connectivity index (χ1n) is 6.93. The fraction of sp³-hybridized carbons (Fsp3) is 0.533. The van der Waals surface area contributed by atoms with E-state index in [1.807, 2.05) is 0 Å². The van der Waals surface area contributed by atoms with Crippen molar-refractivity contribution in [2.75, 3.05) is 27.8 Å². The van der Waals surface area contributed by atoms with Crippen molar-refractivity contribution >= 4 is 5.91 Å². The molecule has 1 saturated heterocycles. The Bertz CT molecular complexity index is 552. The van der Waals surface area contributed by atoms with Gasteiger partial charge in [0.1, 0.15) is 11.5 Å². The van der Waals surface area contributed by atoms with Crippen LogP contribution in [0.2, 0.25) is 0 Å². The Morgan fingerprint density at radius 1 is 1.41 bits per heavy atom. The predicted molar refractivity (Wildman–Crippen MR) is 77.4 cm³/mol. The molecule has 0 saturated carbocycles. The molecule has 1 N–H and O–H groups in total. The third-order valence-electron chi connectivity index (χ3n) is 3.69. The van der Waals surface area contributed by atoms with Crippen LogP contribution in [0.1, 0.15) is 12.0 Å². The van der Waals surface area contributed by atoms with Gasteiger partial charge in [-0.05, 0) is 12.1 Å². The Kier molecular flexibility index (Phi) is 4.85. The number of hydrogen-bond acceptors (Lipinski definition) is 4. The van der Waals surface area contributed by atoms with Crippen LogP contribution in [-0.2, 0) is 11.3 Å². The van der Waals surface area contributed by atoms with Crippen LogP contribution in [0.15, 0.2) is 18.2 Å². The first kappa shape index (κ1) is 16.5. The van der Waals surface area contributed by atoms with E-state index >= 15 is 0 Å². The fourth-order valence-electron chi connectivity index (χ4n) is 2.47. The Hall–Kier alpha value is -1.89. The van der Waals surface area contributed by atoms with Gasteiger partial charge in [0, 0.05) is 31.6 Å². The second-order valence-corrected chi connectivity index (χ2v) is 5.37. The van der Waals surface area contributed by atoms with E-state index < -0.39 is 24.9 Å². The maximum atomic E-state index is 13.2. The summed E-state index contributed by atoms with van der Waals surface area (Å²) < 4.78 is 36.7. The molecule has 0 aliphatic carbocycles. The van der Waals surface area contributed by atoms with E-state index in [0.29, 0.717) is 11.5 Å². The van der Waals surface area contributed by atoms with Crippen molar-refractivity contribution in [2.45, 2.75) is 24.9 Å². The van der Waals surface area contributed by atoms with Gasteiger partial charge in [0.15, 0.2) is 0 Å². The van der Waals surface area contributed by atoms with Gasteiger partial charge in [0.25, 0.3) is 5.92 Å². The lowest BCUT2D eigenvalue weighted by Gasteiger charge is -2.22. The van der Waals surface area contributed by atoms with Gasteiger partial charge in [-0.15, -0.1) is 0 Å². The Balaban J connectivity index is 2.05. The lowest BCUT2D eigenvalue weighted by atomic mass is 10.1. The molecule has 5 nitrogen and oxygen atoms in total. The summed E-state index contributed by atoms with van der Waals surface area (Å²) in [6, 6.07) is 4.43. The van der Waals surface area contributed by atoms with Crippen LogP contribution in [-0.4, -0.2) is 50.6 Å². The van der Waals surface area contributed by atoms with Gasteiger partial charge in [-0.2, -0.15) is 0 Å². The molecule has 1 aromatic rings. The lowest BCUT2D eigenvalue weighted by Crippen LogP contribution is -2.41. The minimum Gasteiger partial charge on any atom is -0.497 e. The smallest absolute Gasteiger partial charge is 0.262 e. The molecule has 1 aliphatic heterocycles. The molecule has 0 aromatic heterocycles. The molecular weight excluding hydrogens is 294 g/mol. The number of halogens is 2. The van der Waals surface area contributed by atoms with E-state index in [1.165, 1.54) is 12.0 Å². The van der Waals surface area contributed by atoms with Crippen molar-refractivity contribution in [1.29, 1.82) is 0 Å². The van der Waals surface area contributed by atoms with Crippen molar-refractivity contribution in [3.63, 3.8) is 0 Å². The zero-order valence-electron chi connectivity index (χ0n) is 12.9. The van der Waals surface area contributed by atoms with E-state index in [1.54, 1.807) is 32.4 Å². The van der Waals surface area contributed by atoms with Crippen molar-refractivity contribution in [2.24, 2.45) is 0 Å². The van der Waals surface area contributed by atoms with E-state index in [9.17, 15) is 13.6 Å². The molecule has 1 fully saturated rings. The Morgan fingerprint density at radius 2 is 2.14 bits per heavy atom. The van der Waals surface area contributed by atoms with E-state index in [0.717, 1.165) is 5.56 Å². The summed E-state index contributed by atoms with van der Waals surface area (Å²) in [4.78, 5) is 13.6. The van der Waals surface area contributed by atoms with E-state index in [2.05, 4.69) is 5.32 Å². The number of rotatable bonds is 5. The monoisotopic (exact) mass is 314 g/mol. The molecule has 1 atom stereocenters. The third kappa shape index (κ3) is 3.65. The number of nitrogens with one attached hydrogen (secondary N) is 1. The van der Waals surface area contributed by atoms with E-state index in [-0.39, 0.29) is 12.5 Å². The number of nitrogens with zero attached hydrogens (tertiary/aromatic N) is 1. The van der Waals surface area contributed by atoms with E-state index in [4.69, 9.17) is 9.47 Å². The average Bonchev–Trinajstić information content (AvgIpc) is 2.86. The third-order valence-corrected chi connectivity index (χ3v) is 3.69. The number of carbonyl (C=O) groups is 1. The molecule has 22 heavy (non-hydrogen) atoms. The average molecular weight is 314 g/mol. The number of amides is 1. The summed E-state index contributed by atoms with van der Waals surface area (Å²) in [5.74, 6) is -1.94. The first-order valence-corrected chi connectivity index (χ1v) is 6.93. The van der Waals surface area contributed by atoms with Crippen molar-refractivity contribution in [3.05, 3.63) is 23.8 Å². The molecule has 7 heteroatoms. The van der Waals surface area contributed by atoms with Crippen LogP contribution < -0.4 is 14.8 Å². The molecule has 0 bridgehead atoms. The first-order chi connectivity index (χ1) is 10.4. The molecule has 0 spiro atoms. The summed E-state index contributed by atoms with van der Waals surface area (Å²) in [6.45, 7) is -0.182. The topological polar surface area (TPSA) is 50.8 Å². The minimum absolute atomic E-state index is 0.274. The maximum absolute atomic E-state index is 13.2. The van der Waals surface area contributed by atoms with Gasteiger partial charge in [-0.25, -0.2) is 8.78 Å². The van der Waals surface area contributed by atoms with Crippen LogP contribution in [0.25, 0.3) is 0 Å². The molecular formula is C15H20F2N2O3. The van der Waals surface area contributed by atoms with Crippen molar-refractivity contribution < 1.29 is 23.0 Å². The van der Waals surface area contributed by atoms with Crippen LogP contribution >= 0.6 is 0 Å². The van der Waals surface area contributed by atoms with Gasteiger partial charge in [-0.3, -0.25) is 10.1 Å². The summed E-state index contributed by atoms with van der Waals surface area (Å²) in [5, 5.41) is 2.57. The number of methoxy groups -OCH3 is 2. The molecule has 2 rings (SSSR count). The quantitative estimate of drug-likeness (QED) is 0.898. The minimum atomic E-state index is -2.82. The number of likely N-dealkylation sites (N-methyl/N-ethyl adjacent to an activating group) is 1. The largest absolute Gasteiger partial charge is 0.497 e. The number of alkyl halides is 2. The summed E-state index contributed by atoms with van der Waals surface area (Å²) in [6.07, 6.45) is -0.462. The predicted octanol–water partition coefficient (Wildman–Crippen LogP) is 1.66. The lowest BCUT2D eigenvalue weighted by molar-refractivity contribution is -0.132. The molecule has 1 unspecified atom stereocenters. The second-order valence-electron chi connectivity index (χ2n) is 5.37. The van der Waals surface area contributed by atoms with Crippen molar-refractivity contribution in [1.82, 2.24) is 10.2 Å². The second kappa shape index (κ2) is 6.48. The van der Waals surface area contributed by atoms with Crippen LogP contribution in [0.4, 0.5) is 8.78 Å². The molecule has 1 heterocycles. The normalized spacial score (nSPS) is 19.8. The summed E-state index contributed by atoms with van der Waals surface area (Å²) in [5.41, 5.74) is 0.781. The maximum Gasteiger partial charge on any atom is 0.262 e. The molecule has 1 amide bonds. The number of hydrogen-bond donors (Lipinski definition) is 1. The van der Waals surface area contributed by atoms with Crippen LogP contribution in [0.3, 0.4) is 0 Å². The Labute approximate surface area is 128 Å². The summed E-state index contributed by atoms with van der Waals surface area (Å²) >= 11 is 0. The highest BCUT2D eigenvalue weighted by molar-refractivity contribution is 5.82. The number of carbonyl (C=O) groups excluding carboxylic acids is 1. The highest BCUT2D eigenvalue weighted by Gasteiger charge is 2.43. The molecule has 1 aromatic carbocycles. The molecule has 1 aliphatic rings. The van der Waals surface area contributed by atoms with Crippen molar-refractivity contribution in [3.8, 4) is 11.5 Å². The standard InChI is InChI=1S/C15H20F2N2O3/c1-19(14(20)12-7-15(16,17)9-18-12)8-10-4-5-11(21-2)6-13(10)22-3/h4-6,12,18H,7-9H2,1-3H3. The van der Waals surface area contributed by atoms with Crippen LogP contribution in [0, 0.1) is 0 Å². The number of ether oxygens (including phenoxy) is 2.